The van der Waals surface area contributed by atoms with Crippen molar-refractivity contribution >= 4 is 0 Å². The third-order valence-corrected chi connectivity index (χ3v) is 3.35. The van der Waals surface area contributed by atoms with Crippen molar-refractivity contribution in [3.63, 3.8) is 0 Å². The van der Waals surface area contributed by atoms with Crippen LogP contribution in [-0.4, -0.2) is 25.8 Å². The third kappa shape index (κ3) is 3.79. The summed E-state index contributed by atoms with van der Waals surface area (Å²) in [6, 6.07) is 5.61. The van der Waals surface area contributed by atoms with E-state index in [-0.39, 0.29) is 5.82 Å². The smallest absolute Gasteiger partial charge is 0.123 e. The molecule has 1 aromatic carbocycles. The zero-order chi connectivity index (χ0) is 12.1. The zero-order valence-electron chi connectivity index (χ0n) is 10.3. The highest BCUT2D eigenvalue weighted by Gasteiger charge is 2.12. The molecule has 0 spiro atoms. The van der Waals surface area contributed by atoms with Crippen LogP contribution in [-0.2, 0) is 11.2 Å². The van der Waals surface area contributed by atoms with Gasteiger partial charge in [0, 0.05) is 19.3 Å². The van der Waals surface area contributed by atoms with E-state index >= 15 is 0 Å². The number of hydrogen-bond donors (Lipinski definition) is 1. The minimum atomic E-state index is -0.149. The monoisotopic (exact) mass is 237 g/mol. The third-order valence-electron chi connectivity index (χ3n) is 3.35. The Bertz CT molecular complexity index is 361. The number of hydrogen-bond acceptors (Lipinski definition) is 2. The summed E-state index contributed by atoms with van der Waals surface area (Å²) in [4.78, 5) is 0. The molecule has 2 nitrogen and oxygen atoms in total. The Morgan fingerprint density at radius 3 is 2.82 bits per heavy atom. The average Bonchev–Trinajstić information content (AvgIpc) is 2.33. The van der Waals surface area contributed by atoms with E-state index in [1.54, 1.807) is 6.07 Å². The summed E-state index contributed by atoms with van der Waals surface area (Å²) in [6.07, 6.45) is 3.16. The summed E-state index contributed by atoms with van der Waals surface area (Å²) >= 11 is 0. The van der Waals surface area contributed by atoms with Gasteiger partial charge >= 0.3 is 0 Å². The number of aryl methyl sites for hydroxylation is 1. The molecular formula is C14H20FNO. The molecule has 0 radical (unpaired) electrons. The van der Waals surface area contributed by atoms with Crippen LogP contribution in [0.3, 0.4) is 0 Å². The van der Waals surface area contributed by atoms with E-state index < -0.39 is 0 Å². The lowest BCUT2D eigenvalue weighted by Crippen LogP contribution is -2.35. The Hall–Kier alpha value is -0.930. The minimum absolute atomic E-state index is 0.149. The molecule has 0 amide bonds. The van der Waals surface area contributed by atoms with E-state index in [4.69, 9.17) is 4.74 Å². The summed E-state index contributed by atoms with van der Waals surface area (Å²) in [7, 11) is 0. The molecule has 0 unspecified atom stereocenters. The van der Waals surface area contributed by atoms with Gasteiger partial charge < -0.3 is 10.1 Å². The summed E-state index contributed by atoms with van der Waals surface area (Å²) in [5.41, 5.74) is 2.27. The molecule has 2 rings (SSSR count). The second kappa shape index (κ2) is 6.12. The van der Waals surface area contributed by atoms with Gasteiger partial charge in [0.15, 0.2) is 0 Å². The number of rotatable bonds is 4. The Morgan fingerprint density at radius 1 is 1.35 bits per heavy atom. The van der Waals surface area contributed by atoms with E-state index in [9.17, 15) is 4.39 Å². The first-order chi connectivity index (χ1) is 8.25. The Kier molecular flexibility index (Phi) is 4.51. The predicted molar refractivity (Wildman–Crippen MR) is 66.7 cm³/mol. The van der Waals surface area contributed by atoms with E-state index in [1.807, 2.05) is 13.0 Å². The van der Waals surface area contributed by atoms with Crippen molar-refractivity contribution in [3.8, 4) is 0 Å². The molecule has 17 heavy (non-hydrogen) atoms. The lowest BCUT2D eigenvalue weighted by molar-refractivity contribution is 0.0782. The second-order valence-corrected chi connectivity index (χ2v) is 4.66. The van der Waals surface area contributed by atoms with Crippen LogP contribution in [0.2, 0.25) is 0 Å². The van der Waals surface area contributed by atoms with Crippen LogP contribution in [0, 0.1) is 12.7 Å². The standard InChI is InChI=1S/C14H20FNO/c1-11-10-13(15)3-2-12(11)4-7-16-14-5-8-17-9-6-14/h2-3,10,14,16H,4-9H2,1H3. The number of halogens is 1. The Labute approximate surface area is 102 Å². The molecule has 1 aliphatic heterocycles. The van der Waals surface area contributed by atoms with Gasteiger partial charge in [-0.15, -0.1) is 0 Å². The lowest BCUT2D eigenvalue weighted by Gasteiger charge is -2.23. The second-order valence-electron chi connectivity index (χ2n) is 4.66. The maximum absolute atomic E-state index is 12.9. The van der Waals surface area contributed by atoms with Crippen LogP contribution in [0.15, 0.2) is 18.2 Å². The highest BCUT2D eigenvalue weighted by molar-refractivity contribution is 5.26. The van der Waals surface area contributed by atoms with Crippen LogP contribution in [0.4, 0.5) is 4.39 Å². The maximum Gasteiger partial charge on any atom is 0.123 e. The van der Waals surface area contributed by atoms with Crippen molar-refractivity contribution in [3.05, 3.63) is 35.1 Å². The molecule has 0 aliphatic carbocycles. The molecule has 94 valence electrons. The van der Waals surface area contributed by atoms with E-state index in [2.05, 4.69) is 5.32 Å². The van der Waals surface area contributed by atoms with Gasteiger partial charge in [0.2, 0.25) is 0 Å². The molecular weight excluding hydrogens is 217 g/mol. The van der Waals surface area contributed by atoms with Gasteiger partial charge in [-0.05, 0) is 56.0 Å². The van der Waals surface area contributed by atoms with Gasteiger partial charge in [-0.25, -0.2) is 4.39 Å². The summed E-state index contributed by atoms with van der Waals surface area (Å²) in [6.45, 7) is 4.66. The van der Waals surface area contributed by atoms with E-state index in [1.165, 1.54) is 11.6 Å². The van der Waals surface area contributed by atoms with Crippen molar-refractivity contribution in [2.24, 2.45) is 0 Å². The number of benzene rings is 1. The van der Waals surface area contributed by atoms with Gasteiger partial charge in [0.25, 0.3) is 0 Å². The molecule has 1 fully saturated rings. The first-order valence-electron chi connectivity index (χ1n) is 6.32. The van der Waals surface area contributed by atoms with E-state index in [0.717, 1.165) is 44.6 Å². The van der Waals surface area contributed by atoms with Crippen LogP contribution in [0.5, 0.6) is 0 Å². The molecule has 1 saturated heterocycles. The predicted octanol–water partition coefficient (Wildman–Crippen LogP) is 2.45. The van der Waals surface area contributed by atoms with Gasteiger partial charge in [0.1, 0.15) is 5.82 Å². The average molecular weight is 237 g/mol. The SMILES string of the molecule is Cc1cc(F)ccc1CCNC1CCOCC1. The fourth-order valence-corrected chi connectivity index (χ4v) is 2.25. The fourth-order valence-electron chi connectivity index (χ4n) is 2.25. The molecule has 1 heterocycles. The van der Waals surface area contributed by atoms with E-state index in [0.29, 0.717) is 6.04 Å². The molecule has 1 N–H and O–H groups in total. The maximum atomic E-state index is 12.9. The van der Waals surface area contributed by atoms with Crippen LogP contribution in [0.1, 0.15) is 24.0 Å². The fraction of sp³-hybridized carbons (Fsp3) is 0.571. The first kappa shape index (κ1) is 12.5. The first-order valence-corrected chi connectivity index (χ1v) is 6.32. The highest BCUT2D eigenvalue weighted by atomic mass is 19.1. The summed E-state index contributed by atoms with van der Waals surface area (Å²) in [5, 5.41) is 3.54. The van der Waals surface area contributed by atoms with Gasteiger partial charge in [0.05, 0.1) is 0 Å². The van der Waals surface area contributed by atoms with Crippen molar-refractivity contribution in [2.75, 3.05) is 19.8 Å². The number of ether oxygens (including phenoxy) is 1. The lowest BCUT2D eigenvalue weighted by atomic mass is 10.0. The van der Waals surface area contributed by atoms with Gasteiger partial charge in [-0.1, -0.05) is 6.07 Å². The quantitative estimate of drug-likeness (QED) is 0.868. The van der Waals surface area contributed by atoms with Crippen molar-refractivity contribution in [1.82, 2.24) is 5.32 Å². The largest absolute Gasteiger partial charge is 0.381 e. The highest BCUT2D eigenvalue weighted by Crippen LogP contribution is 2.11. The van der Waals surface area contributed by atoms with Crippen LogP contribution in [0.25, 0.3) is 0 Å². The van der Waals surface area contributed by atoms with Gasteiger partial charge in [-0.2, -0.15) is 0 Å². The molecule has 0 aromatic heterocycles. The normalized spacial score (nSPS) is 17.3. The molecule has 1 aromatic rings. The summed E-state index contributed by atoms with van der Waals surface area (Å²) in [5.74, 6) is -0.149. The summed E-state index contributed by atoms with van der Waals surface area (Å²) < 4.78 is 18.2. The molecule has 0 atom stereocenters. The van der Waals surface area contributed by atoms with Crippen molar-refractivity contribution in [2.45, 2.75) is 32.2 Å². The van der Waals surface area contributed by atoms with Crippen LogP contribution >= 0.6 is 0 Å². The Balaban J connectivity index is 1.77. The number of nitrogens with one attached hydrogen (secondary N) is 1. The van der Waals surface area contributed by atoms with Crippen molar-refractivity contribution < 1.29 is 9.13 Å². The minimum Gasteiger partial charge on any atom is -0.381 e. The molecule has 1 aliphatic rings. The topological polar surface area (TPSA) is 21.3 Å². The van der Waals surface area contributed by atoms with Crippen molar-refractivity contribution in [1.29, 1.82) is 0 Å². The zero-order valence-corrected chi connectivity index (χ0v) is 10.3. The molecule has 0 bridgehead atoms. The molecule has 3 heteroatoms. The molecule has 0 saturated carbocycles. The van der Waals surface area contributed by atoms with Gasteiger partial charge in [-0.3, -0.25) is 0 Å². The Morgan fingerprint density at radius 2 is 2.12 bits per heavy atom. The van der Waals surface area contributed by atoms with Crippen LogP contribution < -0.4 is 5.32 Å².